The van der Waals surface area contributed by atoms with Crippen LogP contribution < -0.4 is 5.76 Å². The van der Waals surface area contributed by atoms with Crippen LogP contribution in [0.3, 0.4) is 0 Å². The summed E-state index contributed by atoms with van der Waals surface area (Å²) in [4.78, 5) is 22.4. The van der Waals surface area contributed by atoms with Crippen molar-refractivity contribution in [3.05, 3.63) is 22.5 Å². The molecule has 0 fully saturated rings. The van der Waals surface area contributed by atoms with E-state index in [1.807, 2.05) is 0 Å². The lowest BCUT2D eigenvalue weighted by Gasteiger charge is -1.75. The normalized spacial score (nSPS) is 9.44. The van der Waals surface area contributed by atoms with Crippen molar-refractivity contribution in [1.29, 1.82) is 0 Å². The highest BCUT2D eigenvalue weighted by Gasteiger charge is 2.03. The standard InChI is InChI=1S/C4H2ClNO3/c5-3(7)2-1-9-4(8)6-2/h1H,(H,6,8). The van der Waals surface area contributed by atoms with E-state index in [9.17, 15) is 9.59 Å². The fraction of sp³-hybridized carbons (Fsp3) is 0. The summed E-state index contributed by atoms with van der Waals surface area (Å²) < 4.78 is 4.21. The molecule has 0 spiro atoms. The summed E-state index contributed by atoms with van der Waals surface area (Å²) in [6.07, 6.45) is 0.970. The van der Waals surface area contributed by atoms with Gasteiger partial charge in [-0.25, -0.2) is 4.79 Å². The van der Waals surface area contributed by atoms with E-state index in [1.165, 1.54) is 0 Å². The zero-order valence-electron chi connectivity index (χ0n) is 4.18. The average molecular weight is 148 g/mol. The fourth-order valence-corrected chi connectivity index (χ4v) is 0.469. The Kier molecular flexibility index (Phi) is 1.40. The summed E-state index contributed by atoms with van der Waals surface area (Å²) in [5.74, 6) is -0.681. The van der Waals surface area contributed by atoms with Gasteiger partial charge in [0.15, 0.2) is 0 Å². The third kappa shape index (κ3) is 1.20. The Morgan fingerprint density at radius 3 is 2.67 bits per heavy atom. The average Bonchev–Trinajstić information content (AvgIpc) is 2.14. The number of halogens is 1. The van der Waals surface area contributed by atoms with Crippen LogP contribution in [0.1, 0.15) is 10.5 Å². The third-order valence-corrected chi connectivity index (χ3v) is 0.936. The minimum Gasteiger partial charge on any atom is -0.416 e. The topological polar surface area (TPSA) is 63.1 Å². The van der Waals surface area contributed by atoms with Gasteiger partial charge >= 0.3 is 5.76 Å². The van der Waals surface area contributed by atoms with Gasteiger partial charge in [0.1, 0.15) is 12.0 Å². The fourth-order valence-electron chi connectivity index (χ4n) is 0.377. The Hall–Kier alpha value is -1.03. The third-order valence-electron chi connectivity index (χ3n) is 0.732. The Morgan fingerprint density at radius 1 is 1.78 bits per heavy atom. The van der Waals surface area contributed by atoms with Crippen LogP contribution >= 0.6 is 11.6 Å². The first-order valence-electron chi connectivity index (χ1n) is 2.08. The molecular formula is C4H2ClNO3. The molecule has 1 heterocycles. The maximum absolute atomic E-state index is 10.2. The van der Waals surface area contributed by atoms with Crippen molar-refractivity contribution in [3.8, 4) is 0 Å². The first-order valence-corrected chi connectivity index (χ1v) is 2.45. The molecule has 0 saturated carbocycles. The number of hydrogen-bond donors (Lipinski definition) is 1. The quantitative estimate of drug-likeness (QED) is 0.583. The minimum atomic E-state index is -0.735. The van der Waals surface area contributed by atoms with E-state index in [4.69, 9.17) is 11.6 Å². The lowest BCUT2D eigenvalue weighted by Crippen LogP contribution is -1.98. The predicted octanol–water partition coefficient (Wildman–Crippen LogP) is 0.347. The highest BCUT2D eigenvalue weighted by Crippen LogP contribution is 1.94. The van der Waals surface area contributed by atoms with Gasteiger partial charge in [-0.15, -0.1) is 0 Å². The molecule has 0 radical (unpaired) electrons. The molecule has 1 aromatic heterocycles. The molecule has 0 amide bonds. The van der Waals surface area contributed by atoms with Gasteiger partial charge in [0, 0.05) is 0 Å². The first-order chi connectivity index (χ1) is 4.20. The van der Waals surface area contributed by atoms with E-state index in [1.54, 1.807) is 0 Å². The molecule has 1 N–H and O–H groups in total. The van der Waals surface area contributed by atoms with Gasteiger partial charge in [-0.3, -0.25) is 9.78 Å². The van der Waals surface area contributed by atoms with Crippen LogP contribution in [0.15, 0.2) is 15.5 Å². The lowest BCUT2D eigenvalue weighted by atomic mass is 10.6. The van der Waals surface area contributed by atoms with Crippen LogP contribution in [0.5, 0.6) is 0 Å². The van der Waals surface area contributed by atoms with E-state index in [0.29, 0.717) is 0 Å². The molecule has 0 bridgehead atoms. The molecule has 48 valence electrons. The van der Waals surface area contributed by atoms with Crippen molar-refractivity contribution in [2.75, 3.05) is 0 Å². The van der Waals surface area contributed by atoms with Crippen LogP contribution in [-0.4, -0.2) is 10.2 Å². The number of nitrogens with one attached hydrogen (secondary N) is 1. The van der Waals surface area contributed by atoms with E-state index >= 15 is 0 Å². The lowest BCUT2D eigenvalue weighted by molar-refractivity contribution is 0.107. The van der Waals surface area contributed by atoms with Crippen LogP contribution in [0, 0.1) is 0 Å². The largest absolute Gasteiger partial charge is 0.416 e. The van der Waals surface area contributed by atoms with Crippen molar-refractivity contribution in [2.45, 2.75) is 0 Å². The van der Waals surface area contributed by atoms with Crippen LogP contribution in [-0.2, 0) is 0 Å². The SMILES string of the molecule is O=C(Cl)c1coc(=O)[nH]1. The number of oxazole rings is 1. The highest BCUT2D eigenvalue weighted by molar-refractivity contribution is 6.67. The summed E-state index contributed by atoms with van der Waals surface area (Å²) in [6, 6.07) is 0. The number of H-pyrrole nitrogens is 1. The molecule has 0 aliphatic carbocycles. The van der Waals surface area contributed by atoms with Gasteiger partial charge in [-0.2, -0.15) is 0 Å². The molecule has 0 aliphatic rings. The van der Waals surface area contributed by atoms with Crippen LogP contribution in [0.2, 0.25) is 0 Å². The molecule has 0 aliphatic heterocycles. The second-order valence-corrected chi connectivity index (χ2v) is 1.68. The van der Waals surface area contributed by atoms with Crippen molar-refractivity contribution in [3.63, 3.8) is 0 Å². The molecule has 0 unspecified atom stereocenters. The second-order valence-electron chi connectivity index (χ2n) is 1.34. The maximum atomic E-state index is 10.2. The number of aromatic nitrogens is 1. The van der Waals surface area contributed by atoms with Gasteiger partial charge in [-0.05, 0) is 11.6 Å². The monoisotopic (exact) mass is 147 g/mol. The molecule has 0 saturated heterocycles. The first kappa shape index (κ1) is 6.10. The molecule has 4 nitrogen and oxygen atoms in total. The zero-order chi connectivity index (χ0) is 6.85. The number of carbonyl (C=O) groups excluding carboxylic acids is 1. The van der Waals surface area contributed by atoms with Gasteiger partial charge in [0.25, 0.3) is 5.24 Å². The highest BCUT2D eigenvalue weighted by atomic mass is 35.5. The summed E-state index contributed by atoms with van der Waals surface area (Å²) in [5, 5.41) is -0.735. The van der Waals surface area contributed by atoms with Crippen molar-refractivity contribution in [1.82, 2.24) is 4.98 Å². The molecule has 1 aromatic rings. The number of rotatable bonds is 1. The van der Waals surface area contributed by atoms with Gasteiger partial charge in [-0.1, -0.05) is 0 Å². The molecule has 0 atom stereocenters. The predicted molar refractivity (Wildman–Crippen MR) is 29.5 cm³/mol. The summed E-state index contributed by atoms with van der Waals surface area (Å²) in [6.45, 7) is 0. The Balaban J connectivity index is 3.12. The van der Waals surface area contributed by atoms with E-state index < -0.39 is 11.0 Å². The van der Waals surface area contributed by atoms with E-state index in [-0.39, 0.29) is 5.69 Å². The minimum absolute atomic E-state index is 0.0262. The van der Waals surface area contributed by atoms with Gasteiger partial charge in [0.2, 0.25) is 0 Å². The number of aromatic amines is 1. The Labute approximate surface area is 54.4 Å². The maximum Gasteiger partial charge on any atom is 0.416 e. The summed E-state index contributed by atoms with van der Waals surface area (Å²) in [5.41, 5.74) is -0.0262. The zero-order valence-corrected chi connectivity index (χ0v) is 4.94. The number of carbonyl (C=O) groups is 1. The van der Waals surface area contributed by atoms with Crippen LogP contribution in [0.4, 0.5) is 0 Å². The van der Waals surface area contributed by atoms with Crippen molar-refractivity contribution < 1.29 is 9.21 Å². The summed E-state index contributed by atoms with van der Waals surface area (Å²) in [7, 11) is 0. The van der Waals surface area contributed by atoms with Gasteiger partial charge in [0.05, 0.1) is 0 Å². The van der Waals surface area contributed by atoms with Gasteiger partial charge < -0.3 is 4.42 Å². The molecule has 9 heavy (non-hydrogen) atoms. The molecular weight excluding hydrogens is 146 g/mol. The molecule has 5 heteroatoms. The van der Waals surface area contributed by atoms with Crippen molar-refractivity contribution >= 4 is 16.8 Å². The van der Waals surface area contributed by atoms with Crippen molar-refractivity contribution in [2.24, 2.45) is 0 Å². The second kappa shape index (κ2) is 2.06. The smallest absolute Gasteiger partial charge is 0.416 e. The van der Waals surface area contributed by atoms with Crippen LogP contribution in [0.25, 0.3) is 0 Å². The Morgan fingerprint density at radius 2 is 2.44 bits per heavy atom. The van der Waals surface area contributed by atoms with E-state index in [0.717, 1.165) is 6.26 Å². The molecule has 1 rings (SSSR count). The number of hydrogen-bond acceptors (Lipinski definition) is 3. The molecule has 0 aromatic carbocycles. The Bertz CT molecular complexity index is 273. The van der Waals surface area contributed by atoms with E-state index in [2.05, 4.69) is 9.40 Å². The summed E-state index contributed by atoms with van der Waals surface area (Å²) >= 11 is 4.95.